The minimum absolute atomic E-state index is 0. The van der Waals surface area contributed by atoms with Crippen LogP contribution in [0.3, 0.4) is 0 Å². The SMILES string of the molecule is [BaH2].[F][Zr]([F])([F])[F].[NaH]. The van der Waals surface area contributed by atoms with Crippen LogP contribution < -0.4 is 0 Å². The van der Waals surface area contributed by atoms with Crippen LogP contribution in [0.25, 0.3) is 0 Å². The van der Waals surface area contributed by atoms with Crippen LogP contribution in [0.2, 0.25) is 0 Å². The monoisotopic (exact) mass is 330 g/mol. The molecule has 7 heavy (non-hydrogen) atoms. The van der Waals surface area contributed by atoms with Gasteiger partial charge in [-0.25, -0.2) is 0 Å². The van der Waals surface area contributed by atoms with E-state index in [2.05, 4.69) is 0 Å². The topological polar surface area (TPSA) is 0 Å². The third-order valence-corrected chi connectivity index (χ3v) is 0. The van der Waals surface area contributed by atoms with E-state index >= 15 is 0 Å². The van der Waals surface area contributed by atoms with Crippen molar-refractivity contribution in [2.75, 3.05) is 0 Å². The summed E-state index contributed by atoms with van der Waals surface area (Å²) in [5, 5.41) is 0. The number of halogens is 4. The molecule has 0 radical (unpaired) electrons. The molecule has 0 fully saturated rings. The average Bonchev–Trinajstić information content (AvgIpc) is 0.722. The van der Waals surface area contributed by atoms with Crippen LogP contribution in [0.5, 0.6) is 0 Å². The van der Waals surface area contributed by atoms with Gasteiger partial charge in [0.2, 0.25) is 0 Å². The van der Waals surface area contributed by atoms with Gasteiger partial charge in [-0.05, 0) is 0 Å². The summed E-state index contributed by atoms with van der Waals surface area (Å²) in [6.45, 7) is 0. The van der Waals surface area contributed by atoms with E-state index < -0.39 is 22.7 Å². The van der Waals surface area contributed by atoms with E-state index in [-0.39, 0.29) is 78.4 Å². The number of rotatable bonds is 0. The van der Waals surface area contributed by atoms with Crippen LogP contribution in [0.15, 0.2) is 0 Å². The molecule has 0 saturated heterocycles. The molecule has 0 amide bonds. The summed E-state index contributed by atoms with van der Waals surface area (Å²) in [4.78, 5) is 0. The fourth-order valence-electron chi connectivity index (χ4n) is 0. The maximum atomic E-state index is 9.90. The van der Waals surface area contributed by atoms with E-state index in [0.717, 1.165) is 0 Å². The molecule has 0 bridgehead atoms. The molecule has 0 aliphatic carbocycles. The van der Waals surface area contributed by atoms with Gasteiger partial charge in [0.1, 0.15) is 0 Å². The Morgan fingerprint density at radius 2 is 0.857 bits per heavy atom. The summed E-state index contributed by atoms with van der Waals surface area (Å²) in [6, 6.07) is 0. The third kappa shape index (κ3) is 46.9. The Hall–Kier alpha value is 3.17. The molecule has 0 nitrogen and oxygen atoms in total. The van der Waals surface area contributed by atoms with Crippen molar-refractivity contribution in [3.05, 3.63) is 0 Å². The molecule has 38 valence electrons. The van der Waals surface area contributed by atoms with Gasteiger partial charge in [0.25, 0.3) is 0 Å². The predicted molar refractivity (Wildman–Crippen MR) is 20.1 cm³/mol. The second kappa shape index (κ2) is 7.28. The summed E-state index contributed by atoms with van der Waals surface area (Å²) < 4.78 is 39.6. The number of hydrogen-bond donors (Lipinski definition) is 0. The van der Waals surface area contributed by atoms with Gasteiger partial charge < -0.3 is 0 Å². The van der Waals surface area contributed by atoms with Gasteiger partial charge in [-0.2, -0.15) is 0 Å². The summed E-state index contributed by atoms with van der Waals surface area (Å²) in [5.74, 6) is 0. The summed E-state index contributed by atoms with van der Waals surface area (Å²) in [6.07, 6.45) is 0. The van der Waals surface area contributed by atoms with Crippen molar-refractivity contribution in [1.82, 2.24) is 0 Å². The van der Waals surface area contributed by atoms with Gasteiger partial charge in [-0.3, -0.25) is 0 Å². The molecule has 0 aromatic heterocycles. The van der Waals surface area contributed by atoms with Gasteiger partial charge in [-0.15, -0.1) is 0 Å². The summed E-state index contributed by atoms with van der Waals surface area (Å²) >= 11 is -7.18. The molecule has 0 heterocycles. The van der Waals surface area contributed by atoms with Crippen molar-refractivity contribution in [3.63, 3.8) is 0 Å². The summed E-state index contributed by atoms with van der Waals surface area (Å²) in [7, 11) is 0. The quantitative estimate of drug-likeness (QED) is 0.437. The molecule has 7 heteroatoms. The van der Waals surface area contributed by atoms with Crippen molar-refractivity contribution < 1.29 is 33.2 Å². The first kappa shape index (κ1) is 16.6. The Bertz CT molecular complexity index is 27.2. The molecule has 0 N–H and O–H groups in total. The molecule has 0 aromatic carbocycles. The number of hydrogen-bond acceptors (Lipinski definition) is 0. The Kier molecular flexibility index (Phi) is 17.3. The van der Waals surface area contributed by atoms with Crippen LogP contribution in [-0.2, 0) is 22.7 Å². The molecule has 0 rings (SSSR count). The molecule has 0 saturated carbocycles. The van der Waals surface area contributed by atoms with Crippen molar-refractivity contribution in [2.24, 2.45) is 0 Å². The Morgan fingerprint density at radius 1 is 0.857 bits per heavy atom. The first-order chi connectivity index (χ1) is 2.00. The maximum absolute atomic E-state index is 9.90. The molecule has 0 spiro atoms. The first-order valence-corrected chi connectivity index (χ1v) is 4.47. The minimum atomic E-state index is -7.18. The van der Waals surface area contributed by atoms with Crippen molar-refractivity contribution in [3.8, 4) is 0 Å². The zero-order valence-corrected chi connectivity index (χ0v) is 4.47. The fraction of sp³-hybridized carbons (Fsp3) is 0. The molecule has 0 aliphatic heterocycles. The second-order valence-corrected chi connectivity index (χ2v) is 2.54. The van der Waals surface area contributed by atoms with E-state index in [1.165, 1.54) is 0 Å². The van der Waals surface area contributed by atoms with E-state index in [0.29, 0.717) is 0 Å². The first-order valence-electron chi connectivity index (χ1n) is 0.756. The van der Waals surface area contributed by atoms with E-state index in [1.807, 2.05) is 0 Å². The second-order valence-electron chi connectivity index (χ2n) is 0.429. The van der Waals surface area contributed by atoms with Gasteiger partial charge >= 0.3 is 112 Å². The van der Waals surface area contributed by atoms with Crippen LogP contribution in [0.4, 0.5) is 10.5 Å². The van der Waals surface area contributed by atoms with Gasteiger partial charge in [0.15, 0.2) is 0 Å². The van der Waals surface area contributed by atoms with Crippen LogP contribution in [0.1, 0.15) is 0 Å². The van der Waals surface area contributed by atoms with Gasteiger partial charge in [-0.1, -0.05) is 0 Å². The molecule has 0 atom stereocenters. The van der Waals surface area contributed by atoms with Crippen LogP contribution in [-0.4, -0.2) is 78.4 Å². The molecular formula is H3BaF4NaZr. The predicted octanol–water partition coefficient (Wildman–Crippen LogP) is 0.114. The third-order valence-electron chi connectivity index (χ3n) is 0. The molecule has 0 aromatic rings. The zero-order valence-electron chi connectivity index (χ0n) is 2.01. The van der Waals surface area contributed by atoms with E-state index in [1.54, 1.807) is 0 Å². The standard InChI is InChI=1S/Ba.4FH.Na.Zr.3H/h;4*1H;;;;;/q;;;;;;+4;;;/p-4. The average molecular weight is 331 g/mol. The Balaban J connectivity index is -0.0000000800. The molecular weight excluding hydrogens is 328 g/mol. The Labute approximate surface area is 109 Å². The molecule has 0 unspecified atom stereocenters. The molecule has 0 aliphatic rings. The van der Waals surface area contributed by atoms with Gasteiger partial charge in [0.05, 0.1) is 0 Å². The van der Waals surface area contributed by atoms with Crippen LogP contribution >= 0.6 is 0 Å². The normalized spacial score (nSPS) is 8.57. The van der Waals surface area contributed by atoms with Crippen molar-refractivity contribution >= 4 is 78.4 Å². The van der Waals surface area contributed by atoms with E-state index in [9.17, 15) is 10.5 Å². The van der Waals surface area contributed by atoms with Crippen molar-refractivity contribution in [1.29, 1.82) is 0 Å². The van der Waals surface area contributed by atoms with Crippen molar-refractivity contribution in [2.45, 2.75) is 0 Å². The van der Waals surface area contributed by atoms with Gasteiger partial charge in [0, 0.05) is 0 Å². The van der Waals surface area contributed by atoms with Crippen LogP contribution in [0, 0.1) is 0 Å². The zero-order chi connectivity index (χ0) is 4.50. The fourth-order valence-corrected chi connectivity index (χ4v) is 0. The van der Waals surface area contributed by atoms with E-state index in [4.69, 9.17) is 0 Å². The Morgan fingerprint density at radius 3 is 0.857 bits per heavy atom. The summed E-state index contributed by atoms with van der Waals surface area (Å²) in [5.41, 5.74) is 0.